The Morgan fingerprint density at radius 2 is 1.80 bits per heavy atom. The molecule has 2 heterocycles. The van der Waals surface area contributed by atoms with Gasteiger partial charge in [0.2, 0.25) is 5.56 Å². The van der Waals surface area contributed by atoms with Gasteiger partial charge < -0.3 is 30.0 Å². The number of thiophene rings is 1. The first kappa shape index (κ1) is 39.8. The Hall–Kier alpha value is -2.25. The van der Waals surface area contributed by atoms with Crippen molar-refractivity contribution >= 4 is 47.5 Å². The summed E-state index contributed by atoms with van der Waals surface area (Å²) in [4.78, 5) is 37.7. The fraction of sp³-hybridized carbons (Fsp3) is 0.281. The van der Waals surface area contributed by atoms with E-state index in [9.17, 15) is 19.8 Å². The molecule has 0 amide bonds. The average molecular weight is 710 g/mol. The molecule has 2 aromatic carbocycles. The third-order valence-electron chi connectivity index (χ3n) is 6.88. The van der Waals surface area contributed by atoms with Gasteiger partial charge in [0.1, 0.15) is 0 Å². The fourth-order valence-electron chi connectivity index (χ4n) is 5.06. The molecule has 0 bridgehead atoms. The number of nitrogens with zero attached hydrogens (tertiary/aromatic N) is 1. The summed E-state index contributed by atoms with van der Waals surface area (Å²) in [6, 6.07) is 19.3. The van der Waals surface area contributed by atoms with Gasteiger partial charge in [-0.3, -0.25) is 14.7 Å². The number of thiol groups is 1. The second-order valence-electron chi connectivity index (χ2n) is 9.67. The zero-order valence-electron chi connectivity index (χ0n) is 25.2. The molecule has 1 unspecified atom stereocenters. The minimum Gasteiger partial charge on any atom is -0.548 e. The van der Waals surface area contributed by atoms with E-state index in [-0.39, 0.29) is 76.8 Å². The van der Waals surface area contributed by atoms with E-state index in [1.807, 2.05) is 48.7 Å². The molecular weight excluding hydrogens is 672 g/mol. The number of aromatic amines is 1. The van der Waals surface area contributed by atoms with E-state index in [1.54, 1.807) is 11.0 Å². The standard InChI is InChI=1S/C31H34N2O4S.CH2O2.H3NS.Rb/c1-3-4-5-9-22-10-6-7-12-25(22)31(26-17-23-13-14-29(35)32-27(23)16-21(26)2)28(20-34)33(19-30(36)37)18-24-11-8-15-38-24;2-1-3;1-2;/h6-8,10-17,20,31,34H,3-5,9,18-19H2,1-2H3,(H,32,35)(H,36,37);1H,(H,2,3);2H,1H2;/q;;;+1/p-1/b28-20+;;;. The summed E-state index contributed by atoms with van der Waals surface area (Å²) in [6.07, 6.45) is 5.17. The first-order valence-corrected chi connectivity index (χ1v) is 15.1. The van der Waals surface area contributed by atoms with Gasteiger partial charge in [-0.05, 0) is 77.1 Å². The molecule has 0 aliphatic rings. The van der Waals surface area contributed by atoms with E-state index < -0.39 is 11.9 Å². The second-order valence-corrected chi connectivity index (χ2v) is 10.7. The molecule has 0 fully saturated rings. The number of aliphatic hydroxyl groups is 1. The number of aliphatic hydroxyl groups excluding tert-OH is 1. The number of hydrogen-bond donors (Lipinski definition) is 5. The van der Waals surface area contributed by atoms with E-state index in [0.717, 1.165) is 70.0 Å². The normalized spacial score (nSPS) is 11.2. The van der Waals surface area contributed by atoms with Crippen molar-refractivity contribution in [2.24, 2.45) is 5.14 Å². The smallest absolute Gasteiger partial charge is 0.548 e. The molecule has 5 N–H and O–H groups in total. The van der Waals surface area contributed by atoms with Crippen LogP contribution in [0.25, 0.3) is 10.9 Å². The number of pyridine rings is 1. The number of aromatic nitrogens is 1. The van der Waals surface area contributed by atoms with Crippen LogP contribution in [0, 0.1) is 6.92 Å². The summed E-state index contributed by atoms with van der Waals surface area (Å²) in [5.41, 5.74) is 5.08. The van der Waals surface area contributed by atoms with Crippen molar-refractivity contribution in [2.75, 3.05) is 6.54 Å². The Labute approximate surface area is 316 Å². The maximum Gasteiger partial charge on any atom is 1.00 e. The van der Waals surface area contributed by atoms with Gasteiger partial charge in [0.15, 0.2) is 0 Å². The SMILES string of the molecule is CCCCCc1ccccc1C(/C(=C\O)N(CC(=O)[O-])Cc1cccs1)c1cc2ccc(=O)[nH]c2cc1C.NS.O=CO.[Rb+]. The first-order chi connectivity index (χ1) is 20.8. The third-order valence-corrected chi connectivity index (χ3v) is 7.74. The van der Waals surface area contributed by atoms with E-state index in [1.165, 1.54) is 17.4 Å². The molecule has 0 aliphatic carbocycles. The van der Waals surface area contributed by atoms with Crippen molar-refractivity contribution < 1.29 is 83.1 Å². The molecule has 0 saturated carbocycles. The third kappa shape index (κ3) is 11.6. The Morgan fingerprint density at radius 3 is 2.41 bits per heavy atom. The Morgan fingerprint density at radius 1 is 1.09 bits per heavy atom. The van der Waals surface area contributed by atoms with Crippen LogP contribution in [0.4, 0.5) is 0 Å². The van der Waals surface area contributed by atoms with Crippen LogP contribution in [0.15, 0.2) is 82.8 Å². The van der Waals surface area contributed by atoms with Crippen LogP contribution < -0.4 is 74.0 Å². The van der Waals surface area contributed by atoms with E-state index in [0.29, 0.717) is 12.2 Å². The first-order valence-electron chi connectivity index (χ1n) is 13.7. The molecule has 2 aromatic heterocycles. The molecule has 0 saturated heterocycles. The molecule has 4 rings (SSSR count). The largest absolute Gasteiger partial charge is 1.00 e. The van der Waals surface area contributed by atoms with E-state index in [2.05, 4.69) is 42.0 Å². The second kappa shape index (κ2) is 21.5. The number of benzene rings is 2. The molecule has 0 radical (unpaired) electrons. The number of carbonyl (C=O) groups excluding carboxylic acids is 1. The van der Waals surface area contributed by atoms with Crippen LogP contribution in [-0.4, -0.2) is 39.1 Å². The number of H-pyrrole nitrogens is 1. The number of carboxylic acid groups (broad SMARTS) is 2. The quantitative estimate of drug-likeness (QED) is 0.0646. The minimum absolute atomic E-state index is 0. The summed E-state index contributed by atoms with van der Waals surface area (Å²) < 4.78 is 0. The molecule has 0 spiro atoms. The van der Waals surface area contributed by atoms with Crippen molar-refractivity contribution in [3.05, 3.63) is 115 Å². The number of allylic oxidation sites excluding steroid dienone is 1. The Balaban J connectivity index is 0.00000152. The number of rotatable bonds is 12. The summed E-state index contributed by atoms with van der Waals surface area (Å²) >= 11 is 4.56. The molecule has 12 heteroatoms. The van der Waals surface area contributed by atoms with E-state index >= 15 is 0 Å². The maximum atomic E-state index is 11.9. The van der Waals surface area contributed by atoms with Crippen LogP contribution in [0.1, 0.15) is 59.2 Å². The molecule has 4 aromatic rings. The van der Waals surface area contributed by atoms with Gasteiger partial charge in [-0.15, -0.1) is 24.2 Å². The van der Waals surface area contributed by atoms with Crippen LogP contribution in [0.2, 0.25) is 0 Å². The number of carboxylic acids is 1. The number of unbranched alkanes of at least 4 members (excludes halogenated alkanes) is 2. The van der Waals surface area contributed by atoms with Gasteiger partial charge >= 0.3 is 58.2 Å². The summed E-state index contributed by atoms with van der Waals surface area (Å²) in [5, 5.41) is 36.5. The van der Waals surface area contributed by atoms with Gasteiger partial charge in [-0.25, -0.2) is 0 Å². The number of carbonyl (C=O) groups is 2. The number of hydrogen-bond acceptors (Lipinski definition) is 9. The van der Waals surface area contributed by atoms with Gasteiger partial charge in [-0.2, -0.15) is 0 Å². The number of aliphatic carboxylic acids is 1. The molecular formula is C32H38N3O6RbS2. The molecule has 9 nitrogen and oxygen atoms in total. The monoisotopic (exact) mass is 709 g/mol. The average Bonchev–Trinajstić information content (AvgIpc) is 3.50. The van der Waals surface area contributed by atoms with Crippen molar-refractivity contribution in [1.29, 1.82) is 0 Å². The van der Waals surface area contributed by atoms with Crippen molar-refractivity contribution in [1.82, 2.24) is 9.88 Å². The maximum absolute atomic E-state index is 11.9. The Kier molecular flexibility index (Phi) is 19.4. The van der Waals surface area contributed by atoms with Crippen molar-refractivity contribution in [2.45, 2.75) is 52.0 Å². The topological polar surface area (TPSA) is 160 Å². The molecule has 0 aliphatic heterocycles. The van der Waals surface area contributed by atoms with Gasteiger partial charge in [0.25, 0.3) is 6.47 Å². The van der Waals surface area contributed by atoms with Crippen LogP contribution in [0.5, 0.6) is 0 Å². The summed E-state index contributed by atoms with van der Waals surface area (Å²) in [5.74, 6) is -1.66. The Bertz CT molecular complexity index is 1540. The summed E-state index contributed by atoms with van der Waals surface area (Å²) in [6.45, 7) is 3.86. The van der Waals surface area contributed by atoms with Crippen LogP contribution >= 0.6 is 24.2 Å². The van der Waals surface area contributed by atoms with Crippen LogP contribution in [-0.2, 0) is 22.6 Å². The van der Waals surface area contributed by atoms with Gasteiger partial charge in [-0.1, -0.05) is 50.1 Å². The van der Waals surface area contributed by atoms with Gasteiger partial charge in [0, 0.05) is 16.5 Å². The number of nitrogens with two attached hydrogens (primary N) is 1. The number of nitrogens with one attached hydrogen (secondary N) is 1. The number of fused-ring (bicyclic) bond motifs is 1. The van der Waals surface area contributed by atoms with Crippen molar-refractivity contribution in [3.8, 4) is 0 Å². The van der Waals surface area contributed by atoms with Crippen LogP contribution in [0.3, 0.4) is 0 Å². The van der Waals surface area contributed by atoms with E-state index in [4.69, 9.17) is 9.90 Å². The zero-order chi connectivity index (χ0) is 31.8. The fourth-order valence-corrected chi connectivity index (χ4v) is 5.78. The predicted octanol–water partition coefficient (Wildman–Crippen LogP) is 1.91. The van der Waals surface area contributed by atoms with Crippen molar-refractivity contribution in [3.63, 3.8) is 0 Å². The minimum atomic E-state index is -1.22. The predicted molar refractivity (Wildman–Crippen MR) is 173 cm³/mol. The zero-order valence-corrected chi connectivity index (χ0v) is 31.9. The summed E-state index contributed by atoms with van der Waals surface area (Å²) in [7, 11) is 0. The molecule has 230 valence electrons. The molecule has 1 atom stereocenters. The van der Waals surface area contributed by atoms with Gasteiger partial charge in [0.05, 0.1) is 36.9 Å². The molecule has 44 heavy (non-hydrogen) atoms. The number of aryl methyl sites for hydroxylation is 2.